The molecular formula is C14H22N2O3. The minimum absolute atomic E-state index is 0.166. The highest BCUT2D eigenvalue weighted by Gasteiger charge is 2.37. The number of aromatic nitrogens is 2. The zero-order valence-electron chi connectivity index (χ0n) is 11.5. The quantitative estimate of drug-likeness (QED) is 0.821. The second-order valence-corrected chi connectivity index (χ2v) is 5.66. The van der Waals surface area contributed by atoms with Crippen molar-refractivity contribution in [3.63, 3.8) is 0 Å². The number of carboxylic acids is 1. The molecule has 1 aliphatic carbocycles. The van der Waals surface area contributed by atoms with Crippen molar-refractivity contribution in [3.05, 3.63) is 11.7 Å². The molecule has 0 spiro atoms. The Morgan fingerprint density at radius 2 is 2.16 bits per heavy atom. The second-order valence-electron chi connectivity index (χ2n) is 5.66. The predicted molar refractivity (Wildman–Crippen MR) is 69.8 cm³/mol. The zero-order valence-corrected chi connectivity index (χ0v) is 11.5. The van der Waals surface area contributed by atoms with Crippen LogP contribution < -0.4 is 0 Å². The SMILES string of the molecule is CCCCc1noc(CC2(CC(=O)O)CCCC2)n1. The fourth-order valence-electron chi connectivity index (χ4n) is 2.98. The maximum Gasteiger partial charge on any atom is 0.303 e. The molecule has 0 bridgehead atoms. The molecule has 1 aromatic heterocycles. The number of aliphatic carboxylic acids is 1. The summed E-state index contributed by atoms with van der Waals surface area (Å²) in [6.07, 6.45) is 7.92. The fourth-order valence-corrected chi connectivity index (χ4v) is 2.98. The van der Waals surface area contributed by atoms with Gasteiger partial charge in [0.15, 0.2) is 5.82 Å². The minimum Gasteiger partial charge on any atom is -0.481 e. The Bertz CT molecular complexity index is 422. The summed E-state index contributed by atoms with van der Waals surface area (Å²) in [6.45, 7) is 2.13. The Kier molecular flexibility index (Phi) is 4.56. The van der Waals surface area contributed by atoms with E-state index in [1.165, 1.54) is 0 Å². The molecule has 2 rings (SSSR count). The summed E-state index contributed by atoms with van der Waals surface area (Å²) in [5, 5.41) is 13.0. The summed E-state index contributed by atoms with van der Waals surface area (Å²) in [6, 6.07) is 0. The number of carboxylic acid groups (broad SMARTS) is 1. The molecule has 1 N–H and O–H groups in total. The number of hydrogen-bond donors (Lipinski definition) is 1. The highest BCUT2D eigenvalue weighted by molar-refractivity contribution is 5.67. The lowest BCUT2D eigenvalue weighted by atomic mass is 9.79. The van der Waals surface area contributed by atoms with E-state index in [2.05, 4.69) is 17.1 Å². The lowest BCUT2D eigenvalue weighted by molar-refractivity contribution is -0.139. The van der Waals surface area contributed by atoms with Crippen molar-refractivity contribution in [2.75, 3.05) is 0 Å². The first-order valence-electron chi connectivity index (χ1n) is 7.17. The smallest absolute Gasteiger partial charge is 0.303 e. The monoisotopic (exact) mass is 266 g/mol. The molecule has 1 fully saturated rings. The molecule has 1 saturated carbocycles. The summed E-state index contributed by atoms with van der Waals surface area (Å²) in [5.74, 6) is 0.627. The minimum atomic E-state index is -0.729. The van der Waals surface area contributed by atoms with E-state index in [4.69, 9.17) is 9.63 Å². The van der Waals surface area contributed by atoms with Crippen LogP contribution in [0.15, 0.2) is 4.52 Å². The van der Waals surface area contributed by atoms with Crippen molar-refractivity contribution in [2.45, 2.75) is 64.7 Å². The van der Waals surface area contributed by atoms with Crippen molar-refractivity contribution >= 4 is 5.97 Å². The normalized spacial score (nSPS) is 17.7. The molecule has 1 aliphatic rings. The van der Waals surface area contributed by atoms with E-state index < -0.39 is 5.97 Å². The third-order valence-corrected chi connectivity index (χ3v) is 3.98. The van der Waals surface area contributed by atoms with Crippen molar-refractivity contribution in [1.29, 1.82) is 0 Å². The van der Waals surface area contributed by atoms with Crippen LogP contribution in [0, 0.1) is 5.41 Å². The topological polar surface area (TPSA) is 76.2 Å². The highest BCUT2D eigenvalue weighted by atomic mass is 16.5. The van der Waals surface area contributed by atoms with Gasteiger partial charge in [0, 0.05) is 12.8 Å². The lowest BCUT2D eigenvalue weighted by Gasteiger charge is -2.24. The van der Waals surface area contributed by atoms with Crippen molar-refractivity contribution < 1.29 is 14.4 Å². The van der Waals surface area contributed by atoms with Crippen LogP contribution in [0.1, 0.15) is 63.6 Å². The van der Waals surface area contributed by atoms with Gasteiger partial charge in [0.05, 0.1) is 6.42 Å². The van der Waals surface area contributed by atoms with Gasteiger partial charge in [0.2, 0.25) is 5.89 Å². The van der Waals surface area contributed by atoms with E-state index in [0.717, 1.165) is 50.8 Å². The molecule has 0 radical (unpaired) electrons. The maximum absolute atomic E-state index is 11.0. The Morgan fingerprint density at radius 1 is 1.42 bits per heavy atom. The molecule has 0 amide bonds. The molecule has 0 saturated heterocycles. The molecule has 0 aliphatic heterocycles. The summed E-state index contributed by atoms with van der Waals surface area (Å²) in [4.78, 5) is 15.4. The van der Waals surface area contributed by atoms with Gasteiger partial charge in [0.1, 0.15) is 0 Å². The van der Waals surface area contributed by atoms with Crippen LogP contribution in [-0.4, -0.2) is 21.2 Å². The van der Waals surface area contributed by atoms with Crippen molar-refractivity contribution in [2.24, 2.45) is 5.41 Å². The molecular weight excluding hydrogens is 244 g/mol. The van der Waals surface area contributed by atoms with Crippen LogP contribution in [0.3, 0.4) is 0 Å². The van der Waals surface area contributed by atoms with Gasteiger partial charge in [-0.05, 0) is 24.7 Å². The Balaban J connectivity index is 2.00. The van der Waals surface area contributed by atoms with Crippen LogP contribution in [0.4, 0.5) is 0 Å². The average Bonchev–Trinajstić information content (AvgIpc) is 2.96. The van der Waals surface area contributed by atoms with Gasteiger partial charge < -0.3 is 9.63 Å². The summed E-state index contributed by atoms with van der Waals surface area (Å²) < 4.78 is 5.28. The summed E-state index contributed by atoms with van der Waals surface area (Å²) in [7, 11) is 0. The number of rotatable bonds is 7. The van der Waals surface area contributed by atoms with E-state index >= 15 is 0 Å². The van der Waals surface area contributed by atoms with Crippen LogP contribution in [0.2, 0.25) is 0 Å². The summed E-state index contributed by atoms with van der Waals surface area (Å²) in [5.41, 5.74) is -0.166. The van der Waals surface area contributed by atoms with Gasteiger partial charge in [-0.25, -0.2) is 0 Å². The zero-order chi connectivity index (χ0) is 13.7. The van der Waals surface area contributed by atoms with Gasteiger partial charge >= 0.3 is 5.97 Å². The number of aryl methyl sites for hydroxylation is 1. The molecule has 5 heteroatoms. The third kappa shape index (κ3) is 3.78. The van der Waals surface area contributed by atoms with Gasteiger partial charge in [0.25, 0.3) is 0 Å². The van der Waals surface area contributed by atoms with E-state index in [1.807, 2.05) is 0 Å². The predicted octanol–water partition coefficient (Wildman–Crippen LogP) is 2.99. The fraction of sp³-hybridized carbons (Fsp3) is 0.786. The standard InChI is InChI=1S/C14H22N2O3/c1-2-3-6-11-15-12(19-16-11)9-14(10-13(17)18)7-4-5-8-14/h2-10H2,1H3,(H,17,18). The molecule has 106 valence electrons. The Morgan fingerprint density at radius 3 is 2.79 bits per heavy atom. The number of nitrogens with zero attached hydrogens (tertiary/aromatic N) is 2. The molecule has 1 aromatic rings. The maximum atomic E-state index is 11.0. The van der Waals surface area contributed by atoms with Crippen molar-refractivity contribution in [1.82, 2.24) is 10.1 Å². The van der Waals surface area contributed by atoms with Crippen LogP contribution in [0.25, 0.3) is 0 Å². The largest absolute Gasteiger partial charge is 0.481 e. The van der Waals surface area contributed by atoms with Crippen molar-refractivity contribution in [3.8, 4) is 0 Å². The van der Waals surface area contributed by atoms with Crippen LogP contribution >= 0.6 is 0 Å². The van der Waals surface area contributed by atoms with Crippen LogP contribution in [-0.2, 0) is 17.6 Å². The van der Waals surface area contributed by atoms with Gasteiger partial charge in [-0.1, -0.05) is 31.3 Å². The summed E-state index contributed by atoms with van der Waals surface area (Å²) >= 11 is 0. The first-order chi connectivity index (χ1) is 9.13. The number of hydrogen-bond acceptors (Lipinski definition) is 4. The first kappa shape index (κ1) is 14.0. The average molecular weight is 266 g/mol. The second kappa shape index (κ2) is 6.17. The lowest BCUT2D eigenvalue weighted by Crippen LogP contribution is -2.24. The first-order valence-corrected chi connectivity index (χ1v) is 7.17. The number of unbranched alkanes of at least 4 members (excludes halogenated alkanes) is 1. The Labute approximate surface area is 113 Å². The van der Waals surface area contributed by atoms with E-state index in [0.29, 0.717) is 12.3 Å². The molecule has 5 nitrogen and oxygen atoms in total. The van der Waals surface area contributed by atoms with E-state index in [9.17, 15) is 4.79 Å². The molecule has 1 heterocycles. The van der Waals surface area contributed by atoms with Gasteiger partial charge in [-0.15, -0.1) is 0 Å². The molecule has 0 aromatic carbocycles. The molecule has 0 unspecified atom stereocenters. The number of carbonyl (C=O) groups is 1. The third-order valence-electron chi connectivity index (χ3n) is 3.98. The van der Waals surface area contributed by atoms with E-state index in [1.54, 1.807) is 0 Å². The van der Waals surface area contributed by atoms with Gasteiger partial charge in [-0.3, -0.25) is 4.79 Å². The molecule has 19 heavy (non-hydrogen) atoms. The highest BCUT2D eigenvalue weighted by Crippen LogP contribution is 2.43. The van der Waals surface area contributed by atoms with Gasteiger partial charge in [-0.2, -0.15) is 4.98 Å². The van der Waals surface area contributed by atoms with Crippen LogP contribution in [0.5, 0.6) is 0 Å². The van der Waals surface area contributed by atoms with E-state index in [-0.39, 0.29) is 11.8 Å². The molecule has 0 atom stereocenters. The Hall–Kier alpha value is -1.39.